The van der Waals surface area contributed by atoms with Gasteiger partial charge in [-0.3, -0.25) is 9.59 Å². The Hall–Kier alpha value is -4.91. The van der Waals surface area contributed by atoms with Crippen molar-refractivity contribution >= 4 is 17.5 Å². The Labute approximate surface area is 208 Å². The molecule has 0 fully saturated rings. The van der Waals surface area contributed by atoms with Crippen LogP contribution in [0.4, 0.5) is 18.9 Å². The molecule has 1 aliphatic heterocycles. The van der Waals surface area contributed by atoms with Gasteiger partial charge in [0.2, 0.25) is 0 Å². The SMILES string of the molecule is N#CCNC(=O)c1c2c(nn1-c1ccc(C#N)cn1)CCCc1cc(OCC(F)(F)F)ccc1NC2=O. The number of nitriles is 2. The lowest BCUT2D eigenvalue weighted by Crippen LogP contribution is -2.29. The van der Waals surface area contributed by atoms with Gasteiger partial charge in [0.15, 0.2) is 12.4 Å². The van der Waals surface area contributed by atoms with E-state index >= 15 is 0 Å². The molecule has 0 aliphatic carbocycles. The second kappa shape index (κ2) is 10.4. The Kier molecular flexibility index (Phi) is 7.06. The van der Waals surface area contributed by atoms with Crippen LogP contribution in [-0.4, -0.2) is 45.9 Å². The number of anilines is 1. The second-order valence-electron chi connectivity index (χ2n) is 7.97. The lowest BCUT2D eigenvalue weighted by Gasteiger charge is -2.14. The van der Waals surface area contributed by atoms with Gasteiger partial charge in [-0.25, -0.2) is 9.67 Å². The predicted octanol–water partition coefficient (Wildman–Crippen LogP) is 3.07. The van der Waals surface area contributed by atoms with Crippen molar-refractivity contribution in [3.05, 3.63) is 64.6 Å². The largest absolute Gasteiger partial charge is 0.484 e. The molecular weight excluding hydrogens is 491 g/mol. The number of aryl methyl sites for hydroxylation is 2. The number of ether oxygens (including phenoxy) is 1. The summed E-state index contributed by atoms with van der Waals surface area (Å²) in [6.45, 7) is -1.76. The molecule has 2 N–H and O–H groups in total. The molecule has 3 heterocycles. The van der Waals surface area contributed by atoms with E-state index in [1.54, 1.807) is 6.07 Å². The van der Waals surface area contributed by atoms with Crippen LogP contribution in [-0.2, 0) is 12.8 Å². The van der Waals surface area contributed by atoms with E-state index < -0.39 is 24.6 Å². The summed E-state index contributed by atoms with van der Waals surface area (Å²) in [4.78, 5) is 30.6. The summed E-state index contributed by atoms with van der Waals surface area (Å²) < 4.78 is 43.6. The molecule has 3 aromatic rings. The van der Waals surface area contributed by atoms with Crippen molar-refractivity contribution in [1.29, 1.82) is 10.5 Å². The lowest BCUT2D eigenvalue weighted by molar-refractivity contribution is -0.153. The third kappa shape index (κ3) is 5.67. The summed E-state index contributed by atoms with van der Waals surface area (Å²) in [5.41, 5.74) is 1.34. The van der Waals surface area contributed by atoms with Gasteiger partial charge in [-0.2, -0.15) is 28.8 Å². The molecule has 0 atom stereocenters. The number of rotatable bonds is 5. The number of benzene rings is 1. The van der Waals surface area contributed by atoms with Crippen molar-refractivity contribution in [3.8, 4) is 23.7 Å². The van der Waals surface area contributed by atoms with E-state index in [-0.39, 0.29) is 41.4 Å². The quantitative estimate of drug-likeness (QED) is 0.503. The smallest absolute Gasteiger partial charge is 0.422 e. The number of hydrogen-bond donors (Lipinski definition) is 2. The first-order valence-electron chi connectivity index (χ1n) is 11.0. The van der Waals surface area contributed by atoms with Gasteiger partial charge in [0.1, 0.15) is 24.1 Å². The standard InChI is InChI=1S/C24H18F3N7O3/c25-24(26,27)13-37-16-5-6-17-15(10-16)2-1-3-18-20(22(35)32-17)21(23(36)30-9-8-28)34(33-18)19-7-4-14(11-29)12-31-19/h4-7,10,12H,1-3,9,13H2,(H,30,36)(H,32,35). The van der Waals surface area contributed by atoms with E-state index in [1.165, 1.54) is 41.2 Å². The molecule has 188 valence electrons. The van der Waals surface area contributed by atoms with Gasteiger partial charge in [-0.1, -0.05) is 0 Å². The van der Waals surface area contributed by atoms with Crippen molar-refractivity contribution in [3.63, 3.8) is 0 Å². The van der Waals surface area contributed by atoms with Crippen LogP contribution in [0.15, 0.2) is 36.5 Å². The number of pyridine rings is 1. The number of amides is 2. The van der Waals surface area contributed by atoms with Crippen LogP contribution in [0.2, 0.25) is 0 Å². The van der Waals surface area contributed by atoms with Gasteiger partial charge >= 0.3 is 6.18 Å². The summed E-state index contributed by atoms with van der Waals surface area (Å²) in [6.07, 6.45) is -2.09. The van der Waals surface area contributed by atoms with E-state index in [0.717, 1.165) is 0 Å². The molecule has 2 aromatic heterocycles. The number of hydrogen-bond acceptors (Lipinski definition) is 7. The van der Waals surface area contributed by atoms with Crippen LogP contribution < -0.4 is 15.4 Å². The topological polar surface area (TPSA) is 146 Å². The zero-order valence-electron chi connectivity index (χ0n) is 19.1. The molecule has 0 saturated carbocycles. The van der Waals surface area contributed by atoms with Crippen molar-refractivity contribution in [1.82, 2.24) is 20.1 Å². The highest BCUT2D eigenvalue weighted by Crippen LogP contribution is 2.29. The molecule has 0 spiro atoms. The normalized spacial score (nSPS) is 12.9. The maximum absolute atomic E-state index is 13.4. The third-order valence-corrected chi connectivity index (χ3v) is 5.41. The minimum Gasteiger partial charge on any atom is -0.484 e. The number of nitrogens with one attached hydrogen (secondary N) is 2. The maximum Gasteiger partial charge on any atom is 0.422 e. The average molecular weight is 509 g/mol. The van der Waals surface area contributed by atoms with Gasteiger partial charge in [0.25, 0.3) is 11.8 Å². The highest BCUT2D eigenvalue weighted by atomic mass is 19.4. The summed E-state index contributed by atoms with van der Waals surface area (Å²) in [5.74, 6) is -1.20. The molecular formula is C24H18F3N7O3. The van der Waals surface area contributed by atoms with E-state index in [4.69, 9.17) is 15.3 Å². The average Bonchev–Trinajstić information content (AvgIpc) is 3.28. The van der Waals surface area contributed by atoms with Crippen LogP contribution >= 0.6 is 0 Å². The van der Waals surface area contributed by atoms with Crippen LogP contribution in [0, 0.1) is 22.7 Å². The maximum atomic E-state index is 13.4. The van der Waals surface area contributed by atoms with Crippen LogP contribution in [0.3, 0.4) is 0 Å². The monoisotopic (exact) mass is 509 g/mol. The number of carbonyl (C=O) groups is 2. The second-order valence-corrected chi connectivity index (χ2v) is 7.97. The zero-order valence-corrected chi connectivity index (χ0v) is 19.1. The number of fused-ring (bicyclic) bond motifs is 2. The van der Waals surface area contributed by atoms with Crippen LogP contribution in [0.5, 0.6) is 5.75 Å². The number of aromatic nitrogens is 3. The summed E-state index contributed by atoms with van der Waals surface area (Å²) >= 11 is 0. The highest BCUT2D eigenvalue weighted by Gasteiger charge is 2.31. The number of halogens is 3. The van der Waals surface area contributed by atoms with Crippen LogP contribution in [0.1, 0.15) is 44.1 Å². The van der Waals surface area contributed by atoms with Gasteiger partial charge in [-0.05, 0) is 55.2 Å². The Morgan fingerprint density at radius 3 is 2.70 bits per heavy atom. The number of carbonyl (C=O) groups excluding carboxylic acids is 2. The van der Waals surface area contributed by atoms with Gasteiger partial charge in [0.05, 0.1) is 22.9 Å². The predicted molar refractivity (Wildman–Crippen MR) is 122 cm³/mol. The first-order valence-corrected chi connectivity index (χ1v) is 11.0. The molecule has 1 aliphatic rings. The highest BCUT2D eigenvalue weighted by molar-refractivity contribution is 6.12. The number of nitrogens with zero attached hydrogens (tertiary/aromatic N) is 5. The van der Waals surface area contributed by atoms with Gasteiger partial charge < -0.3 is 15.4 Å². The van der Waals surface area contributed by atoms with E-state index in [2.05, 4.69) is 20.7 Å². The Morgan fingerprint density at radius 1 is 1.22 bits per heavy atom. The molecule has 0 saturated heterocycles. The minimum atomic E-state index is -4.49. The zero-order chi connectivity index (χ0) is 26.6. The summed E-state index contributed by atoms with van der Waals surface area (Å²) in [5, 5.41) is 27.5. The Balaban J connectivity index is 1.74. The first kappa shape index (κ1) is 25.2. The Morgan fingerprint density at radius 2 is 2.03 bits per heavy atom. The minimum absolute atomic E-state index is 0.0101. The summed E-state index contributed by atoms with van der Waals surface area (Å²) in [6, 6.07) is 10.9. The summed E-state index contributed by atoms with van der Waals surface area (Å²) in [7, 11) is 0. The van der Waals surface area contributed by atoms with Crippen molar-refractivity contribution < 1.29 is 27.5 Å². The van der Waals surface area contributed by atoms with Gasteiger partial charge in [0, 0.05) is 11.9 Å². The van der Waals surface area contributed by atoms with Crippen molar-refractivity contribution in [2.75, 3.05) is 18.5 Å². The third-order valence-electron chi connectivity index (χ3n) is 5.41. The molecule has 13 heteroatoms. The molecule has 4 rings (SSSR count). The molecule has 1 aromatic carbocycles. The van der Waals surface area contributed by atoms with E-state index in [1.807, 2.05) is 6.07 Å². The lowest BCUT2D eigenvalue weighted by atomic mass is 10.0. The molecule has 0 radical (unpaired) electrons. The molecule has 0 bridgehead atoms. The molecule has 10 nitrogen and oxygen atoms in total. The molecule has 0 unspecified atom stereocenters. The fraction of sp³-hybridized carbons (Fsp3) is 0.250. The number of alkyl halides is 3. The van der Waals surface area contributed by atoms with Crippen molar-refractivity contribution in [2.24, 2.45) is 0 Å². The molecule has 2 amide bonds. The van der Waals surface area contributed by atoms with Gasteiger partial charge in [-0.15, -0.1) is 0 Å². The fourth-order valence-corrected chi connectivity index (χ4v) is 3.82. The van der Waals surface area contributed by atoms with E-state index in [0.29, 0.717) is 29.8 Å². The Bertz CT molecular complexity index is 1430. The molecule has 37 heavy (non-hydrogen) atoms. The van der Waals surface area contributed by atoms with Crippen molar-refractivity contribution in [2.45, 2.75) is 25.4 Å². The van der Waals surface area contributed by atoms with E-state index in [9.17, 15) is 22.8 Å². The fourth-order valence-electron chi connectivity index (χ4n) is 3.82. The van der Waals surface area contributed by atoms with Crippen LogP contribution in [0.25, 0.3) is 5.82 Å². The first-order chi connectivity index (χ1) is 17.7.